The van der Waals surface area contributed by atoms with E-state index in [0.717, 1.165) is 18.4 Å². The lowest BCUT2D eigenvalue weighted by molar-refractivity contribution is 0.0525. The predicted molar refractivity (Wildman–Crippen MR) is 109 cm³/mol. The third-order valence-corrected chi connectivity index (χ3v) is 5.21. The number of benzene rings is 1. The molecule has 1 aliphatic rings. The molecule has 1 N–H and O–H groups in total. The highest BCUT2D eigenvalue weighted by Gasteiger charge is 2.36. The molecule has 156 valence electrons. The summed E-state index contributed by atoms with van der Waals surface area (Å²) in [6.07, 6.45) is 1.92. The van der Waals surface area contributed by atoms with Crippen LogP contribution >= 0.6 is 0 Å². The second kappa shape index (κ2) is 8.59. The van der Waals surface area contributed by atoms with Crippen LogP contribution in [0.2, 0.25) is 0 Å². The van der Waals surface area contributed by atoms with Crippen molar-refractivity contribution in [1.82, 2.24) is 9.88 Å². The molecule has 0 spiro atoms. The summed E-state index contributed by atoms with van der Waals surface area (Å²) in [5.74, 6) is 0.870. The van der Waals surface area contributed by atoms with Gasteiger partial charge in [-0.2, -0.15) is 0 Å². The number of aromatic amines is 1. The number of carbonyl (C=O) groups is 2. The number of nitrogens with zero attached hydrogens (tertiary/aromatic N) is 1. The summed E-state index contributed by atoms with van der Waals surface area (Å²) in [4.78, 5) is 30.6. The zero-order chi connectivity index (χ0) is 21.1. The van der Waals surface area contributed by atoms with Crippen LogP contribution in [0.4, 0.5) is 0 Å². The summed E-state index contributed by atoms with van der Waals surface area (Å²) in [6.45, 7) is 6.01. The number of hydrogen-bond acceptors (Lipinski definition) is 5. The molecule has 1 saturated carbocycles. The molecule has 0 radical (unpaired) electrons. The first kappa shape index (κ1) is 20.8. The van der Waals surface area contributed by atoms with Crippen molar-refractivity contribution in [3.63, 3.8) is 0 Å². The molecule has 1 fully saturated rings. The molecule has 0 atom stereocenters. The van der Waals surface area contributed by atoms with E-state index in [1.165, 1.54) is 0 Å². The Kier molecular flexibility index (Phi) is 6.15. The molecule has 2 aromatic rings. The van der Waals surface area contributed by atoms with E-state index >= 15 is 0 Å². The molecule has 1 aromatic carbocycles. The van der Waals surface area contributed by atoms with Gasteiger partial charge >= 0.3 is 5.97 Å². The fourth-order valence-corrected chi connectivity index (χ4v) is 3.56. The molecular formula is C22H28N2O5. The van der Waals surface area contributed by atoms with Crippen molar-refractivity contribution in [2.24, 2.45) is 0 Å². The van der Waals surface area contributed by atoms with Gasteiger partial charge < -0.3 is 24.1 Å². The van der Waals surface area contributed by atoms with E-state index in [1.807, 2.05) is 23.1 Å². The molecule has 0 saturated heterocycles. The molecule has 1 aliphatic carbocycles. The van der Waals surface area contributed by atoms with Gasteiger partial charge in [0, 0.05) is 17.3 Å². The van der Waals surface area contributed by atoms with Gasteiger partial charge in [-0.15, -0.1) is 0 Å². The summed E-state index contributed by atoms with van der Waals surface area (Å²) < 4.78 is 15.9. The molecule has 7 heteroatoms. The molecule has 0 unspecified atom stereocenters. The number of aromatic nitrogens is 1. The second-order valence-corrected chi connectivity index (χ2v) is 7.19. The van der Waals surface area contributed by atoms with E-state index in [4.69, 9.17) is 14.2 Å². The number of rotatable bonds is 8. The normalized spacial score (nSPS) is 13.1. The summed E-state index contributed by atoms with van der Waals surface area (Å²) in [5, 5.41) is 0. The highest BCUT2D eigenvalue weighted by atomic mass is 16.5. The van der Waals surface area contributed by atoms with Crippen LogP contribution in [0.1, 0.15) is 57.4 Å². The van der Waals surface area contributed by atoms with Crippen molar-refractivity contribution in [1.29, 1.82) is 0 Å². The number of esters is 1. The van der Waals surface area contributed by atoms with Crippen molar-refractivity contribution in [3.05, 3.63) is 46.3 Å². The number of amides is 1. The Morgan fingerprint density at radius 2 is 1.90 bits per heavy atom. The van der Waals surface area contributed by atoms with Gasteiger partial charge in [-0.3, -0.25) is 4.79 Å². The fourth-order valence-electron chi connectivity index (χ4n) is 3.56. The molecule has 1 heterocycles. The van der Waals surface area contributed by atoms with Crippen molar-refractivity contribution in [2.45, 2.75) is 46.2 Å². The number of hydrogen-bond donors (Lipinski definition) is 1. The van der Waals surface area contributed by atoms with Crippen LogP contribution in [0.25, 0.3) is 0 Å². The van der Waals surface area contributed by atoms with Crippen molar-refractivity contribution >= 4 is 11.9 Å². The monoisotopic (exact) mass is 400 g/mol. The van der Waals surface area contributed by atoms with Crippen molar-refractivity contribution in [2.75, 3.05) is 20.8 Å². The minimum absolute atomic E-state index is 0.131. The number of carbonyl (C=O) groups excluding carboxylic acids is 2. The van der Waals surface area contributed by atoms with E-state index < -0.39 is 5.97 Å². The Labute approximate surface area is 170 Å². The Hall–Kier alpha value is -2.96. The Balaban J connectivity index is 1.93. The van der Waals surface area contributed by atoms with E-state index in [0.29, 0.717) is 40.6 Å². The summed E-state index contributed by atoms with van der Waals surface area (Å²) in [5.41, 5.74) is 3.00. The first-order valence-corrected chi connectivity index (χ1v) is 9.79. The van der Waals surface area contributed by atoms with Crippen LogP contribution in [0.5, 0.6) is 11.5 Å². The highest BCUT2D eigenvalue weighted by molar-refractivity contribution is 6.00. The third-order valence-electron chi connectivity index (χ3n) is 5.21. The predicted octanol–water partition coefficient (Wildman–Crippen LogP) is 3.63. The molecule has 0 bridgehead atoms. The van der Waals surface area contributed by atoms with Crippen LogP contribution in [-0.2, 0) is 11.3 Å². The minimum atomic E-state index is -0.412. The van der Waals surface area contributed by atoms with Crippen LogP contribution in [0.15, 0.2) is 18.2 Å². The summed E-state index contributed by atoms with van der Waals surface area (Å²) in [6, 6.07) is 5.73. The SMILES string of the molecule is CCOC(=O)c1c(C)[nH]c(C(=O)N(Cc2cc(OC)ccc2OC)C2CC2)c1C. The maximum Gasteiger partial charge on any atom is 0.340 e. The molecule has 3 rings (SSSR count). The molecule has 1 amide bonds. The average Bonchev–Trinajstić information content (AvgIpc) is 3.50. The minimum Gasteiger partial charge on any atom is -0.497 e. The summed E-state index contributed by atoms with van der Waals surface area (Å²) >= 11 is 0. The lowest BCUT2D eigenvalue weighted by Gasteiger charge is -2.24. The number of methoxy groups -OCH3 is 2. The lowest BCUT2D eigenvalue weighted by atomic mass is 10.1. The smallest absolute Gasteiger partial charge is 0.340 e. The quantitative estimate of drug-likeness (QED) is 0.685. The largest absolute Gasteiger partial charge is 0.497 e. The topological polar surface area (TPSA) is 80.9 Å². The van der Waals surface area contributed by atoms with E-state index in [2.05, 4.69) is 4.98 Å². The lowest BCUT2D eigenvalue weighted by Crippen LogP contribution is -2.33. The average molecular weight is 400 g/mol. The van der Waals surface area contributed by atoms with Gasteiger partial charge in [-0.25, -0.2) is 4.79 Å². The second-order valence-electron chi connectivity index (χ2n) is 7.19. The number of ether oxygens (including phenoxy) is 3. The van der Waals surface area contributed by atoms with Gasteiger partial charge in [0.2, 0.25) is 0 Å². The molecule has 29 heavy (non-hydrogen) atoms. The maximum atomic E-state index is 13.4. The zero-order valence-electron chi connectivity index (χ0n) is 17.6. The number of H-pyrrole nitrogens is 1. The first-order valence-electron chi connectivity index (χ1n) is 9.79. The Morgan fingerprint density at radius 1 is 1.17 bits per heavy atom. The first-order chi connectivity index (χ1) is 13.9. The third kappa shape index (κ3) is 4.23. The highest BCUT2D eigenvalue weighted by Crippen LogP contribution is 2.34. The van der Waals surface area contributed by atoms with Crippen molar-refractivity contribution in [3.8, 4) is 11.5 Å². The van der Waals surface area contributed by atoms with Crippen molar-refractivity contribution < 1.29 is 23.8 Å². The number of aryl methyl sites for hydroxylation is 1. The summed E-state index contributed by atoms with van der Waals surface area (Å²) in [7, 11) is 3.22. The van der Waals surface area contributed by atoms with E-state index in [9.17, 15) is 9.59 Å². The number of nitrogens with one attached hydrogen (secondary N) is 1. The van der Waals surface area contributed by atoms with E-state index in [1.54, 1.807) is 35.0 Å². The fraction of sp³-hybridized carbons (Fsp3) is 0.455. The van der Waals surface area contributed by atoms with Gasteiger partial charge in [0.25, 0.3) is 5.91 Å². The maximum absolute atomic E-state index is 13.4. The standard InChI is InChI=1S/C22H28N2O5/c1-6-29-22(26)19-13(2)20(23-14(19)3)21(25)24(16-7-8-16)12-15-11-17(27-4)9-10-18(15)28-5/h9-11,16,23H,6-8,12H2,1-5H3. The van der Waals surface area contributed by atoms with Crippen LogP contribution in [-0.4, -0.2) is 48.6 Å². The van der Waals surface area contributed by atoms with Crippen LogP contribution in [0.3, 0.4) is 0 Å². The molecule has 1 aromatic heterocycles. The van der Waals surface area contributed by atoms with Crippen LogP contribution < -0.4 is 9.47 Å². The van der Waals surface area contributed by atoms with Gasteiger partial charge in [0.05, 0.1) is 32.9 Å². The van der Waals surface area contributed by atoms with E-state index in [-0.39, 0.29) is 18.6 Å². The van der Waals surface area contributed by atoms with Gasteiger partial charge in [0.15, 0.2) is 0 Å². The van der Waals surface area contributed by atoms with Crippen LogP contribution in [0, 0.1) is 13.8 Å². The Morgan fingerprint density at radius 3 is 2.48 bits per heavy atom. The zero-order valence-corrected chi connectivity index (χ0v) is 17.6. The molecule has 0 aliphatic heterocycles. The van der Waals surface area contributed by atoms with Gasteiger partial charge in [0.1, 0.15) is 17.2 Å². The van der Waals surface area contributed by atoms with Gasteiger partial charge in [-0.05, 0) is 57.4 Å². The molecular weight excluding hydrogens is 372 g/mol. The Bertz CT molecular complexity index is 914. The molecule has 7 nitrogen and oxygen atoms in total. The van der Waals surface area contributed by atoms with Gasteiger partial charge in [-0.1, -0.05) is 0 Å².